The molecule has 0 saturated carbocycles. The third-order valence-corrected chi connectivity index (χ3v) is 1.80. The van der Waals surface area contributed by atoms with E-state index in [1.54, 1.807) is 0 Å². The van der Waals surface area contributed by atoms with Gasteiger partial charge in [-0.2, -0.15) is 5.10 Å². The van der Waals surface area contributed by atoms with Gasteiger partial charge in [0.25, 0.3) is 0 Å². The van der Waals surface area contributed by atoms with E-state index in [0.717, 1.165) is 17.8 Å². The first-order valence-corrected chi connectivity index (χ1v) is 4.37. The van der Waals surface area contributed by atoms with Crippen LogP contribution in [0, 0.1) is 0 Å². The molecule has 0 amide bonds. The molecule has 0 aliphatic carbocycles. The molecule has 2 nitrogen and oxygen atoms in total. The number of alkyl halides is 1. The zero-order valence-electron chi connectivity index (χ0n) is 6.89. The van der Waals surface area contributed by atoms with Crippen molar-refractivity contribution in [2.24, 2.45) is 0 Å². The second-order valence-corrected chi connectivity index (χ2v) is 3.29. The van der Waals surface area contributed by atoms with Gasteiger partial charge < -0.3 is 0 Å². The van der Waals surface area contributed by atoms with E-state index in [4.69, 9.17) is 11.6 Å². The summed E-state index contributed by atoms with van der Waals surface area (Å²) in [6.07, 6.45) is 0.876. The van der Waals surface area contributed by atoms with Crippen molar-refractivity contribution in [2.45, 2.75) is 26.2 Å². The normalized spacial score (nSPS) is 10.9. The Bertz CT molecular complexity index is 218. The predicted molar refractivity (Wildman–Crippen MR) is 47.1 cm³/mol. The minimum atomic E-state index is 0.496. The van der Waals surface area contributed by atoms with Crippen LogP contribution in [0.1, 0.15) is 31.2 Å². The van der Waals surface area contributed by atoms with Crippen LogP contribution in [-0.4, -0.2) is 16.1 Å². The van der Waals surface area contributed by atoms with Crippen LogP contribution in [0.15, 0.2) is 6.07 Å². The van der Waals surface area contributed by atoms with Crippen LogP contribution in [0.4, 0.5) is 0 Å². The summed E-state index contributed by atoms with van der Waals surface area (Å²) in [5.74, 6) is 1.15. The molecule has 1 N–H and O–H groups in total. The molecule has 0 saturated heterocycles. The van der Waals surface area contributed by atoms with Crippen molar-refractivity contribution < 1.29 is 0 Å². The molecule has 1 aromatic heterocycles. The van der Waals surface area contributed by atoms with Crippen molar-refractivity contribution in [3.8, 4) is 0 Å². The predicted octanol–water partition coefficient (Wildman–Crippen LogP) is 2.31. The Morgan fingerprint density at radius 2 is 2.36 bits per heavy atom. The van der Waals surface area contributed by atoms with Gasteiger partial charge >= 0.3 is 0 Å². The molecular formula is C8H13ClN2. The summed E-state index contributed by atoms with van der Waals surface area (Å²) in [5, 5.41) is 7.10. The van der Waals surface area contributed by atoms with Crippen LogP contribution in [-0.2, 0) is 6.42 Å². The molecule has 1 heterocycles. The van der Waals surface area contributed by atoms with Crippen LogP contribution >= 0.6 is 11.6 Å². The number of aromatic nitrogens is 2. The Balaban J connectivity index is 2.66. The first kappa shape index (κ1) is 8.60. The minimum absolute atomic E-state index is 0.496. The lowest BCUT2D eigenvalue weighted by atomic mass is 10.1. The number of H-pyrrole nitrogens is 1. The van der Waals surface area contributed by atoms with Gasteiger partial charge in [-0.15, -0.1) is 11.6 Å². The molecule has 0 aromatic carbocycles. The molecule has 1 rings (SSSR count). The molecule has 0 spiro atoms. The average molecular weight is 173 g/mol. The lowest BCUT2D eigenvalue weighted by Gasteiger charge is -1.94. The Morgan fingerprint density at radius 1 is 1.64 bits per heavy atom. The summed E-state index contributed by atoms with van der Waals surface area (Å²) in [6, 6.07) is 2.08. The van der Waals surface area contributed by atoms with E-state index >= 15 is 0 Å². The van der Waals surface area contributed by atoms with Gasteiger partial charge in [-0.05, 0) is 12.0 Å². The molecule has 0 bridgehead atoms. The zero-order valence-corrected chi connectivity index (χ0v) is 7.65. The highest BCUT2D eigenvalue weighted by Gasteiger charge is 2.03. The largest absolute Gasteiger partial charge is 0.282 e. The van der Waals surface area contributed by atoms with E-state index in [0.29, 0.717) is 11.8 Å². The zero-order chi connectivity index (χ0) is 8.27. The van der Waals surface area contributed by atoms with Crippen LogP contribution in [0.25, 0.3) is 0 Å². The summed E-state index contributed by atoms with van der Waals surface area (Å²) >= 11 is 5.58. The lowest BCUT2D eigenvalue weighted by Crippen LogP contribution is -1.85. The maximum atomic E-state index is 5.58. The standard InChI is InChI=1S/C8H13ClN2/c1-6(2)8-5-7(3-4-9)10-11-8/h5-6H,3-4H2,1-2H3,(H,10,11). The van der Waals surface area contributed by atoms with Crippen molar-refractivity contribution in [3.63, 3.8) is 0 Å². The molecule has 0 aliphatic rings. The summed E-state index contributed by atoms with van der Waals surface area (Å²) in [5.41, 5.74) is 2.24. The topological polar surface area (TPSA) is 28.7 Å². The first-order valence-electron chi connectivity index (χ1n) is 3.84. The monoisotopic (exact) mass is 172 g/mol. The number of rotatable bonds is 3. The second-order valence-electron chi connectivity index (χ2n) is 2.91. The molecule has 11 heavy (non-hydrogen) atoms. The van der Waals surface area contributed by atoms with E-state index in [9.17, 15) is 0 Å². The fourth-order valence-corrected chi connectivity index (χ4v) is 1.11. The van der Waals surface area contributed by atoms with Crippen molar-refractivity contribution in [2.75, 3.05) is 5.88 Å². The highest BCUT2D eigenvalue weighted by Crippen LogP contribution is 2.12. The summed E-state index contributed by atoms with van der Waals surface area (Å²) < 4.78 is 0. The SMILES string of the molecule is CC(C)c1cc(CCCl)[nH]n1. The van der Waals surface area contributed by atoms with Gasteiger partial charge in [0, 0.05) is 18.0 Å². The quantitative estimate of drug-likeness (QED) is 0.697. The van der Waals surface area contributed by atoms with Crippen LogP contribution in [0.3, 0.4) is 0 Å². The summed E-state index contributed by atoms with van der Waals surface area (Å²) in [6.45, 7) is 4.25. The van der Waals surface area contributed by atoms with Crippen molar-refractivity contribution in [1.29, 1.82) is 0 Å². The molecule has 0 unspecified atom stereocenters. The Hall–Kier alpha value is -0.500. The van der Waals surface area contributed by atoms with E-state index in [2.05, 4.69) is 30.1 Å². The van der Waals surface area contributed by atoms with Gasteiger partial charge in [0.05, 0.1) is 5.69 Å². The minimum Gasteiger partial charge on any atom is -0.282 e. The van der Waals surface area contributed by atoms with Crippen LogP contribution in [0.2, 0.25) is 0 Å². The first-order chi connectivity index (χ1) is 5.24. The molecule has 0 aliphatic heterocycles. The van der Waals surface area contributed by atoms with Crippen molar-refractivity contribution in [3.05, 3.63) is 17.5 Å². The second kappa shape index (κ2) is 3.77. The van der Waals surface area contributed by atoms with Gasteiger partial charge in [0.15, 0.2) is 0 Å². The highest BCUT2D eigenvalue weighted by atomic mass is 35.5. The fourth-order valence-electron chi connectivity index (χ4n) is 0.905. The number of nitrogens with one attached hydrogen (secondary N) is 1. The van der Waals surface area contributed by atoms with Crippen molar-refractivity contribution in [1.82, 2.24) is 10.2 Å². The number of aryl methyl sites for hydroxylation is 1. The molecule has 0 radical (unpaired) electrons. The van der Waals surface area contributed by atoms with E-state index in [1.807, 2.05) is 0 Å². The molecule has 1 aromatic rings. The smallest absolute Gasteiger partial charge is 0.0650 e. The molecule has 0 atom stereocenters. The number of hydrogen-bond acceptors (Lipinski definition) is 1. The average Bonchev–Trinajstić information content (AvgIpc) is 2.37. The van der Waals surface area contributed by atoms with E-state index in [1.165, 1.54) is 0 Å². The molecule has 62 valence electrons. The van der Waals surface area contributed by atoms with Crippen molar-refractivity contribution >= 4 is 11.6 Å². The fraction of sp³-hybridized carbons (Fsp3) is 0.625. The Labute approximate surface area is 72.0 Å². The third-order valence-electron chi connectivity index (χ3n) is 1.61. The Kier molecular flexibility index (Phi) is 2.94. The van der Waals surface area contributed by atoms with Crippen LogP contribution in [0.5, 0.6) is 0 Å². The molecular weight excluding hydrogens is 160 g/mol. The number of aromatic amines is 1. The third kappa shape index (κ3) is 2.22. The van der Waals surface area contributed by atoms with Gasteiger partial charge in [-0.1, -0.05) is 13.8 Å². The van der Waals surface area contributed by atoms with Gasteiger partial charge in [-0.25, -0.2) is 0 Å². The van der Waals surface area contributed by atoms with Crippen LogP contribution < -0.4 is 0 Å². The summed E-state index contributed by atoms with van der Waals surface area (Å²) in [4.78, 5) is 0. The maximum absolute atomic E-state index is 5.58. The number of hydrogen-bond donors (Lipinski definition) is 1. The van der Waals surface area contributed by atoms with Gasteiger partial charge in [0.1, 0.15) is 0 Å². The molecule has 3 heteroatoms. The Morgan fingerprint density at radius 3 is 2.82 bits per heavy atom. The molecule has 0 fully saturated rings. The van der Waals surface area contributed by atoms with E-state index in [-0.39, 0.29) is 0 Å². The lowest BCUT2D eigenvalue weighted by molar-refractivity contribution is 0.808. The maximum Gasteiger partial charge on any atom is 0.0650 e. The highest BCUT2D eigenvalue weighted by molar-refractivity contribution is 6.17. The summed E-state index contributed by atoms with van der Waals surface area (Å²) in [7, 11) is 0. The van der Waals surface area contributed by atoms with Gasteiger partial charge in [-0.3, -0.25) is 5.10 Å². The van der Waals surface area contributed by atoms with E-state index < -0.39 is 0 Å². The number of halogens is 1. The number of nitrogens with zero attached hydrogens (tertiary/aromatic N) is 1. The van der Waals surface area contributed by atoms with Gasteiger partial charge in [0.2, 0.25) is 0 Å².